The molecule has 1 aromatic rings. The number of morpholine rings is 1. The number of pyridine rings is 1. The highest BCUT2D eigenvalue weighted by Gasteiger charge is 2.47. The molecule has 21 heavy (non-hydrogen) atoms. The van der Waals surface area contributed by atoms with Gasteiger partial charge in [-0.3, -0.25) is 9.78 Å². The standard InChI is InChI=1S/C16H22N2O3/c1-20-11-14-5-2-6-16(14)12-18(8-9-21-16)15(19)13-4-3-7-17-10-13/h3-4,7,10,14H,2,5-6,8-9,11-12H2,1H3/t14-,16+/m0/s1. The van der Waals surface area contributed by atoms with Crippen molar-refractivity contribution in [2.24, 2.45) is 5.92 Å². The van der Waals surface area contributed by atoms with Crippen molar-refractivity contribution in [1.82, 2.24) is 9.88 Å². The summed E-state index contributed by atoms with van der Waals surface area (Å²) >= 11 is 0. The van der Waals surface area contributed by atoms with Crippen molar-refractivity contribution in [1.29, 1.82) is 0 Å². The first-order valence-corrected chi connectivity index (χ1v) is 7.57. The molecule has 0 aromatic carbocycles. The van der Waals surface area contributed by atoms with E-state index in [0.717, 1.165) is 19.3 Å². The highest BCUT2D eigenvalue weighted by molar-refractivity contribution is 5.94. The van der Waals surface area contributed by atoms with E-state index in [-0.39, 0.29) is 11.5 Å². The fourth-order valence-electron chi connectivity index (χ4n) is 3.60. The second kappa shape index (κ2) is 6.12. The molecule has 1 saturated carbocycles. The fourth-order valence-corrected chi connectivity index (χ4v) is 3.60. The Morgan fingerprint density at radius 3 is 3.29 bits per heavy atom. The summed E-state index contributed by atoms with van der Waals surface area (Å²) < 4.78 is 11.5. The minimum absolute atomic E-state index is 0.0499. The molecule has 2 fully saturated rings. The van der Waals surface area contributed by atoms with Crippen molar-refractivity contribution < 1.29 is 14.3 Å². The lowest BCUT2D eigenvalue weighted by Crippen LogP contribution is -2.56. The van der Waals surface area contributed by atoms with Crippen molar-refractivity contribution in [2.75, 3.05) is 33.4 Å². The number of aromatic nitrogens is 1. The van der Waals surface area contributed by atoms with Gasteiger partial charge in [-0.1, -0.05) is 6.42 Å². The van der Waals surface area contributed by atoms with E-state index in [1.807, 2.05) is 11.0 Å². The molecule has 0 N–H and O–H groups in total. The quantitative estimate of drug-likeness (QED) is 0.851. The van der Waals surface area contributed by atoms with Gasteiger partial charge in [-0.2, -0.15) is 0 Å². The van der Waals surface area contributed by atoms with E-state index >= 15 is 0 Å². The predicted molar refractivity (Wildman–Crippen MR) is 78.0 cm³/mol. The van der Waals surface area contributed by atoms with Crippen LogP contribution in [0.2, 0.25) is 0 Å². The van der Waals surface area contributed by atoms with Gasteiger partial charge in [0.05, 0.1) is 30.9 Å². The first kappa shape index (κ1) is 14.5. The van der Waals surface area contributed by atoms with Gasteiger partial charge in [0.2, 0.25) is 0 Å². The lowest BCUT2D eigenvalue weighted by atomic mass is 9.89. The van der Waals surface area contributed by atoms with Crippen LogP contribution in [-0.4, -0.2) is 54.8 Å². The van der Waals surface area contributed by atoms with Gasteiger partial charge in [-0.25, -0.2) is 0 Å². The van der Waals surface area contributed by atoms with Crippen molar-refractivity contribution in [3.8, 4) is 0 Å². The van der Waals surface area contributed by atoms with Crippen LogP contribution < -0.4 is 0 Å². The van der Waals surface area contributed by atoms with Gasteiger partial charge in [0.1, 0.15) is 0 Å². The molecule has 0 unspecified atom stereocenters. The molecule has 1 spiro atoms. The Morgan fingerprint density at radius 1 is 1.62 bits per heavy atom. The Morgan fingerprint density at radius 2 is 2.52 bits per heavy atom. The monoisotopic (exact) mass is 290 g/mol. The molecule has 2 atom stereocenters. The van der Waals surface area contributed by atoms with E-state index in [2.05, 4.69) is 4.98 Å². The molecule has 3 rings (SSSR count). The SMILES string of the molecule is COC[C@@H]1CCC[C@@]12CN(C(=O)c1cccnc1)CCO2. The van der Waals surface area contributed by atoms with E-state index in [0.29, 0.717) is 37.8 Å². The summed E-state index contributed by atoms with van der Waals surface area (Å²) in [7, 11) is 1.73. The van der Waals surface area contributed by atoms with Crippen LogP contribution in [0.3, 0.4) is 0 Å². The van der Waals surface area contributed by atoms with Crippen LogP contribution in [0.5, 0.6) is 0 Å². The molecule has 1 saturated heterocycles. The second-order valence-corrected chi connectivity index (χ2v) is 5.93. The smallest absolute Gasteiger partial charge is 0.255 e. The summed E-state index contributed by atoms with van der Waals surface area (Å²) in [4.78, 5) is 18.5. The molecule has 1 aromatic heterocycles. The zero-order valence-electron chi connectivity index (χ0n) is 12.5. The van der Waals surface area contributed by atoms with E-state index in [1.165, 1.54) is 0 Å². The average molecular weight is 290 g/mol. The molecule has 0 bridgehead atoms. The van der Waals surface area contributed by atoms with Crippen LogP contribution in [0.4, 0.5) is 0 Å². The highest BCUT2D eigenvalue weighted by Crippen LogP contribution is 2.41. The fraction of sp³-hybridized carbons (Fsp3) is 0.625. The predicted octanol–water partition coefficient (Wildman–Crippen LogP) is 1.74. The maximum atomic E-state index is 12.6. The topological polar surface area (TPSA) is 51.7 Å². The Hall–Kier alpha value is -1.46. The van der Waals surface area contributed by atoms with Gasteiger partial charge < -0.3 is 14.4 Å². The normalized spacial score (nSPS) is 29.0. The second-order valence-electron chi connectivity index (χ2n) is 5.93. The van der Waals surface area contributed by atoms with E-state index in [4.69, 9.17) is 9.47 Å². The van der Waals surface area contributed by atoms with Gasteiger partial charge >= 0.3 is 0 Å². The molecule has 5 nitrogen and oxygen atoms in total. The van der Waals surface area contributed by atoms with Crippen molar-refractivity contribution in [2.45, 2.75) is 24.9 Å². The molecule has 1 aliphatic carbocycles. The number of amides is 1. The number of ether oxygens (including phenoxy) is 2. The Kier molecular flexibility index (Phi) is 4.22. The summed E-state index contributed by atoms with van der Waals surface area (Å²) in [6.07, 6.45) is 6.58. The van der Waals surface area contributed by atoms with Crippen LogP contribution in [-0.2, 0) is 9.47 Å². The highest BCUT2D eigenvalue weighted by atomic mass is 16.5. The minimum Gasteiger partial charge on any atom is -0.384 e. The molecule has 114 valence electrons. The van der Waals surface area contributed by atoms with Crippen molar-refractivity contribution >= 4 is 5.91 Å². The lowest BCUT2D eigenvalue weighted by Gasteiger charge is -2.44. The number of methoxy groups -OCH3 is 1. The van der Waals surface area contributed by atoms with E-state index in [1.54, 1.807) is 25.6 Å². The largest absolute Gasteiger partial charge is 0.384 e. The Bertz CT molecular complexity index is 494. The molecular weight excluding hydrogens is 268 g/mol. The maximum Gasteiger partial charge on any atom is 0.255 e. The van der Waals surface area contributed by atoms with Crippen molar-refractivity contribution in [3.63, 3.8) is 0 Å². The molecule has 1 aliphatic heterocycles. The lowest BCUT2D eigenvalue weighted by molar-refractivity contribution is -0.130. The Labute approximate surface area is 125 Å². The third kappa shape index (κ3) is 2.80. The molecule has 2 aliphatic rings. The van der Waals surface area contributed by atoms with Crippen LogP contribution in [0.25, 0.3) is 0 Å². The minimum atomic E-state index is -0.216. The summed E-state index contributed by atoms with van der Waals surface area (Å²) in [5.41, 5.74) is 0.433. The van der Waals surface area contributed by atoms with E-state index in [9.17, 15) is 4.79 Å². The van der Waals surface area contributed by atoms with Crippen LogP contribution in [0.1, 0.15) is 29.6 Å². The van der Waals surface area contributed by atoms with Gasteiger partial charge in [0, 0.05) is 32.0 Å². The number of hydrogen-bond donors (Lipinski definition) is 0. The molecule has 1 amide bonds. The summed E-state index contributed by atoms with van der Waals surface area (Å²) in [5, 5.41) is 0. The van der Waals surface area contributed by atoms with Gasteiger partial charge in [-0.15, -0.1) is 0 Å². The number of rotatable bonds is 3. The number of hydrogen-bond acceptors (Lipinski definition) is 4. The van der Waals surface area contributed by atoms with E-state index < -0.39 is 0 Å². The van der Waals surface area contributed by atoms with Gasteiger partial charge in [0.15, 0.2) is 0 Å². The van der Waals surface area contributed by atoms with Gasteiger partial charge in [-0.05, 0) is 25.0 Å². The number of carbonyl (C=O) groups excluding carboxylic acids is 1. The molecule has 2 heterocycles. The third-order valence-corrected chi connectivity index (χ3v) is 4.67. The van der Waals surface area contributed by atoms with Crippen molar-refractivity contribution in [3.05, 3.63) is 30.1 Å². The van der Waals surface area contributed by atoms with Gasteiger partial charge in [0.25, 0.3) is 5.91 Å². The summed E-state index contributed by atoms with van der Waals surface area (Å²) in [6, 6.07) is 3.62. The first-order chi connectivity index (χ1) is 10.2. The molecular formula is C16H22N2O3. The summed E-state index contributed by atoms with van der Waals surface area (Å²) in [6.45, 7) is 2.62. The average Bonchev–Trinajstić information content (AvgIpc) is 2.90. The summed E-state index contributed by atoms with van der Waals surface area (Å²) in [5.74, 6) is 0.431. The van der Waals surface area contributed by atoms with Crippen LogP contribution in [0, 0.1) is 5.92 Å². The maximum absolute atomic E-state index is 12.6. The van der Waals surface area contributed by atoms with Crippen LogP contribution in [0.15, 0.2) is 24.5 Å². The first-order valence-electron chi connectivity index (χ1n) is 7.57. The van der Waals surface area contributed by atoms with Crippen LogP contribution >= 0.6 is 0 Å². The third-order valence-electron chi connectivity index (χ3n) is 4.67. The molecule has 0 radical (unpaired) electrons. The zero-order valence-corrected chi connectivity index (χ0v) is 12.5. The zero-order chi connectivity index (χ0) is 14.7. The molecule has 5 heteroatoms. The number of nitrogens with zero attached hydrogens (tertiary/aromatic N) is 2. The number of carbonyl (C=O) groups is 1. The Balaban J connectivity index is 1.75.